The highest BCUT2D eigenvalue weighted by molar-refractivity contribution is 5.79. The normalized spacial score (nSPS) is 12.3. The number of benzene rings is 3. The number of hydrogen-bond acceptors (Lipinski definition) is 5. The molecule has 0 saturated carbocycles. The lowest BCUT2D eigenvalue weighted by atomic mass is 10.0. The predicted octanol–water partition coefficient (Wildman–Crippen LogP) is 5.78. The molecule has 0 spiro atoms. The molecule has 2 heterocycles. The van der Waals surface area contributed by atoms with E-state index in [9.17, 15) is 4.79 Å². The van der Waals surface area contributed by atoms with Gasteiger partial charge in [0, 0.05) is 30.7 Å². The summed E-state index contributed by atoms with van der Waals surface area (Å²) in [7, 11) is 0. The number of rotatable bonds is 11. The zero-order valence-electron chi connectivity index (χ0n) is 23.0. The van der Waals surface area contributed by atoms with Crippen LogP contribution < -0.4 is 5.56 Å². The predicted molar refractivity (Wildman–Crippen MR) is 155 cm³/mol. The van der Waals surface area contributed by atoms with Gasteiger partial charge in [0.2, 0.25) is 0 Å². The largest absolute Gasteiger partial charge is 0.322 e. The van der Waals surface area contributed by atoms with Gasteiger partial charge in [-0.15, -0.1) is 5.10 Å². The van der Waals surface area contributed by atoms with Gasteiger partial charge in [-0.3, -0.25) is 9.69 Å². The molecule has 0 amide bonds. The van der Waals surface area contributed by atoms with Crippen molar-refractivity contribution >= 4 is 10.9 Å². The number of pyridine rings is 1. The smallest absolute Gasteiger partial charge is 0.252 e. The second-order valence-corrected chi connectivity index (χ2v) is 10.2. The van der Waals surface area contributed by atoms with Crippen LogP contribution >= 0.6 is 0 Å². The maximum Gasteiger partial charge on any atom is 0.252 e. The summed E-state index contributed by atoms with van der Waals surface area (Å²) in [6, 6.07) is 27.2. The van der Waals surface area contributed by atoms with Crippen LogP contribution in [0.1, 0.15) is 60.0 Å². The molecule has 0 aliphatic rings. The first-order valence-corrected chi connectivity index (χ1v) is 13.8. The number of aryl methyl sites for hydroxylation is 4. The van der Waals surface area contributed by atoms with Crippen molar-refractivity contribution in [2.75, 3.05) is 0 Å². The Morgan fingerprint density at radius 2 is 1.67 bits per heavy atom. The highest BCUT2D eigenvalue weighted by Gasteiger charge is 2.26. The number of tetrazole rings is 1. The first-order valence-electron chi connectivity index (χ1n) is 13.8. The van der Waals surface area contributed by atoms with Crippen LogP contribution in [-0.2, 0) is 32.5 Å². The molecule has 0 saturated heterocycles. The summed E-state index contributed by atoms with van der Waals surface area (Å²) in [5.41, 5.74) is 6.46. The van der Waals surface area contributed by atoms with Crippen LogP contribution in [0.5, 0.6) is 0 Å². The zero-order chi connectivity index (χ0) is 27.2. The van der Waals surface area contributed by atoms with Crippen molar-refractivity contribution in [1.82, 2.24) is 30.1 Å². The Morgan fingerprint density at radius 1 is 0.897 bits per heavy atom. The molecule has 0 fully saturated rings. The van der Waals surface area contributed by atoms with E-state index >= 15 is 0 Å². The number of aromatic nitrogens is 5. The molecule has 1 N–H and O–H groups in total. The van der Waals surface area contributed by atoms with E-state index in [2.05, 4.69) is 107 Å². The zero-order valence-corrected chi connectivity index (χ0v) is 23.0. The Labute approximate surface area is 229 Å². The number of nitrogens with one attached hydrogen (secondary N) is 1. The van der Waals surface area contributed by atoms with Crippen molar-refractivity contribution < 1.29 is 0 Å². The van der Waals surface area contributed by atoms with Gasteiger partial charge in [0.25, 0.3) is 5.56 Å². The Balaban J connectivity index is 1.48. The van der Waals surface area contributed by atoms with E-state index in [1.807, 2.05) is 22.9 Å². The van der Waals surface area contributed by atoms with Gasteiger partial charge in [-0.2, -0.15) is 0 Å². The summed E-state index contributed by atoms with van der Waals surface area (Å²) in [6.45, 7) is 8.25. The van der Waals surface area contributed by atoms with Crippen LogP contribution in [-0.4, -0.2) is 30.1 Å². The van der Waals surface area contributed by atoms with E-state index in [-0.39, 0.29) is 11.6 Å². The van der Waals surface area contributed by atoms with Crippen molar-refractivity contribution in [3.8, 4) is 0 Å². The van der Waals surface area contributed by atoms with Crippen molar-refractivity contribution in [1.29, 1.82) is 0 Å². The number of aromatic amines is 1. The first kappa shape index (κ1) is 26.5. The van der Waals surface area contributed by atoms with Gasteiger partial charge in [0.15, 0.2) is 5.82 Å². The summed E-state index contributed by atoms with van der Waals surface area (Å²) < 4.78 is 1.92. The van der Waals surface area contributed by atoms with Crippen LogP contribution in [0.2, 0.25) is 0 Å². The van der Waals surface area contributed by atoms with Gasteiger partial charge in [-0.25, -0.2) is 4.68 Å². The number of nitrogens with zero attached hydrogens (tertiary/aromatic N) is 5. The molecule has 3 aromatic carbocycles. The molecule has 1 atom stereocenters. The Bertz CT molecular complexity index is 1570. The highest BCUT2D eigenvalue weighted by Crippen LogP contribution is 2.27. The average molecular weight is 521 g/mol. The summed E-state index contributed by atoms with van der Waals surface area (Å²) in [5, 5.41) is 13.9. The third kappa shape index (κ3) is 6.32. The SMILES string of the molecule is CCc1ccc2[nH]c(=O)c(CN(Cc3ccc(C)cc3)[C@@H](CC)c3nnnn3CCc3ccccc3)cc2c1. The molecule has 7 heteroatoms. The molecule has 39 heavy (non-hydrogen) atoms. The lowest BCUT2D eigenvalue weighted by Crippen LogP contribution is -2.32. The van der Waals surface area contributed by atoms with Gasteiger partial charge in [0.1, 0.15) is 0 Å². The molecule has 0 radical (unpaired) electrons. The molecule has 0 aliphatic heterocycles. The van der Waals surface area contributed by atoms with Crippen molar-refractivity contribution in [2.24, 2.45) is 0 Å². The summed E-state index contributed by atoms with van der Waals surface area (Å²) in [6.07, 6.45) is 2.61. The third-order valence-corrected chi connectivity index (χ3v) is 7.41. The lowest BCUT2D eigenvalue weighted by molar-refractivity contribution is 0.160. The van der Waals surface area contributed by atoms with Crippen LogP contribution in [0, 0.1) is 6.92 Å². The molecule has 0 aliphatic carbocycles. The van der Waals surface area contributed by atoms with E-state index in [0.717, 1.165) is 41.6 Å². The molecule has 0 bridgehead atoms. The fourth-order valence-corrected chi connectivity index (χ4v) is 5.15. The minimum atomic E-state index is -0.0610. The fourth-order valence-electron chi connectivity index (χ4n) is 5.15. The monoisotopic (exact) mass is 520 g/mol. The molecule has 7 nitrogen and oxygen atoms in total. The van der Waals surface area contributed by atoms with Gasteiger partial charge in [-0.1, -0.05) is 80.1 Å². The Morgan fingerprint density at radius 3 is 2.41 bits per heavy atom. The summed E-state index contributed by atoms with van der Waals surface area (Å²) in [4.78, 5) is 18.6. The number of fused-ring (bicyclic) bond motifs is 1. The maximum atomic E-state index is 13.2. The summed E-state index contributed by atoms with van der Waals surface area (Å²) >= 11 is 0. The maximum absolute atomic E-state index is 13.2. The highest BCUT2D eigenvalue weighted by atomic mass is 16.1. The van der Waals surface area contributed by atoms with Crippen LogP contribution in [0.25, 0.3) is 10.9 Å². The quantitative estimate of drug-likeness (QED) is 0.239. The molecule has 2 aromatic heterocycles. The molecule has 200 valence electrons. The fraction of sp³-hybridized carbons (Fsp3) is 0.312. The van der Waals surface area contributed by atoms with Crippen LogP contribution in [0.15, 0.2) is 83.7 Å². The van der Waals surface area contributed by atoms with E-state index in [1.165, 1.54) is 22.3 Å². The Hall–Kier alpha value is -4.10. The Kier molecular flexibility index (Phi) is 8.27. The molecule has 5 rings (SSSR count). The summed E-state index contributed by atoms with van der Waals surface area (Å²) in [5.74, 6) is 0.825. The van der Waals surface area contributed by atoms with E-state index in [4.69, 9.17) is 0 Å². The minimum Gasteiger partial charge on any atom is -0.322 e. The standard InChI is InChI=1S/C32H36N6O/c1-4-24-15-16-29-27(19-24)20-28(32(39)33-29)22-37(21-26-13-11-23(3)12-14-26)30(5-2)31-34-35-36-38(31)18-17-25-9-7-6-8-10-25/h6-16,19-20,30H,4-5,17-18,21-22H2,1-3H3,(H,33,39)/t30-/m0/s1. The van der Waals surface area contributed by atoms with Crippen molar-refractivity contribution in [3.63, 3.8) is 0 Å². The van der Waals surface area contributed by atoms with Crippen molar-refractivity contribution in [2.45, 2.75) is 65.7 Å². The average Bonchev–Trinajstić information content (AvgIpc) is 3.42. The van der Waals surface area contributed by atoms with Crippen LogP contribution in [0.3, 0.4) is 0 Å². The lowest BCUT2D eigenvalue weighted by Gasteiger charge is -2.30. The second-order valence-electron chi connectivity index (χ2n) is 10.2. The molecule has 5 aromatic rings. The molecular weight excluding hydrogens is 484 g/mol. The topological polar surface area (TPSA) is 79.7 Å². The van der Waals surface area contributed by atoms with E-state index in [1.54, 1.807) is 0 Å². The molecular formula is C32H36N6O. The third-order valence-electron chi connectivity index (χ3n) is 7.41. The van der Waals surface area contributed by atoms with Gasteiger partial charge < -0.3 is 4.98 Å². The van der Waals surface area contributed by atoms with E-state index in [0.29, 0.717) is 19.6 Å². The van der Waals surface area contributed by atoms with Gasteiger partial charge >= 0.3 is 0 Å². The van der Waals surface area contributed by atoms with Crippen molar-refractivity contribution in [3.05, 3.63) is 123 Å². The van der Waals surface area contributed by atoms with Gasteiger partial charge in [0.05, 0.1) is 6.04 Å². The van der Waals surface area contributed by atoms with Crippen LogP contribution in [0.4, 0.5) is 0 Å². The van der Waals surface area contributed by atoms with Gasteiger partial charge in [-0.05, 0) is 76.9 Å². The number of H-pyrrole nitrogens is 1. The number of hydrogen-bond donors (Lipinski definition) is 1. The second kappa shape index (κ2) is 12.2. The molecule has 0 unspecified atom stereocenters. The minimum absolute atomic E-state index is 0.0563. The first-order chi connectivity index (χ1) is 19.0. The van der Waals surface area contributed by atoms with E-state index < -0.39 is 0 Å².